The number of allylic oxidation sites excluding steroid dienone is 5. The monoisotopic (exact) mass is 372 g/mol. The standard InChI is InChI=1S/C20H21BrO2/c21-19-17-15-13-11-9-7-5-3-1-2-4-6-8-10-12-14-16-18-20(22)23/h1,3,9,11,17,19H,5,7,10,12,14,16,18H2,(H,22,23)/b3-1+,11-9+,19-17+. The van der Waals surface area contributed by atoms with Gasteiger partial charge in [0.2, 0.25) is 0 Å². The average Bonchev–Trinajstić information content (AvgIpc) is 2.53. The maximum Gasteiger partial charge on any atom is 0.303 e. The van der Waals surface area contributed by atoms with Crippen molar-refractivity contribution in [2.24, 2.45) is 0 Å². The second kappa shape index (κ2) is 17.9. The Hall–Kier alpha value is -2.15. The summed E-state index contributed by atoms with van der Waals surface area (Å²) in [5.41, 5.74) is 0. The van der Waals surface area contributed by atoms with E-state index < -0.39 is 5.97 Å². The molecule has 0 saturated carbocycles. The van der Waals surface area contributed by atoms with Crippen molar-refractivity contribution in [1.29, 1.82) is 0 Å². The zero-order valence-corrected chi connectivity index (χ0v) is 14.7. The Morgan fingerprint density at radius 2 is 1.61 bits per heavy atom. The van der Waals surface area contributed by atoms with Crippen LogP contribution in [0, 0.1) is 35.5 Å². The summed E-state index contributed by atoms with van der Waals surface area (Å²) in [4.78, 5) is 12.0. The molecule has 3 heteroatoms. The third-order valence-corrected chi connectivity index (χ3v) is 2.81. The quantitative estimate of drug-likeness (QED) is 0.489. The first kappa shape index (κ1) is 20.9. The molecule has 0 bridgehead atoms. The van der Waals surface area contributed by atoms with Gasteiger partial charge in [0.05, 0.1) is 0 Å². The summed E-state index contributed by atoms with van der Waals surface area (Å²) in [5, 5.41) is 8.48. The van der Waals surface area contributed by atoms with Crippen LogP contribution in [-0.4, -0.2) is 11.1 Å². The lowest BCUT2D eigenvalue weighted by molar-refractivity contribution is -0.137. The van der Waals surface area contributed by atoms with E-state index in [1.54, 1.807) is 11.1 Å². The lowest BCUT2D eigenvalue weighted by Crippen LogP contribution is -1.93. The van der Waals surface area contributed by atoms with Crippen molar-refractivity contribution >= 4 is 21.9 Å². The van der Waals surface area contributed by atoms with Crippen LogP contribution in [0.2, 0.25) is 0 Å². The van der Waals surface area contributed by atoms with Gasteiger partial charge in [0.25, 0.3) is 0 Å². The Kier molecular flexibility index (Phi) is 16.2. The van der Waals surface area contributed by atoms with Crippen LogP contribution >= 0.6 is 15.9 Å². The lowest BCUT2D eigenvalue weighted by atomic mass is 10.1. The number of carboxylic acids is 1. The molecule has 23 heavy (non-hydrogen) atoms. The highest BCUT2D eigenvalue weighted by atomic mass is 79.9. The van der Waals surface area contributed by atoms with Gasteiger partial charge < -0.3 is 5.11 Å². The van der Waals surface area contributed by atoms with E-state index in [-0.39, 0.29) is 6.42 Å². The molecule has 0 saturated heterocycles. The highest BCUT2D eigenvalue weighted by Crippen LogP contribution is 2.01. The molecule has 0 amide bonds. The van der Waals surface area contributed by atoms with E-state index in [1.165, 1.54) is 0 Å². The van der Waals surface area contributed by atoms with Crippen molar-refractivity contribution in [1.82, 2.24) is 0 Å². The molecule has 0 heterocycles. The summed E-state index contributed by atoms with van der Waals surface area (Å²) in [7, 11) is 0. The predicted molar refractivity (Wildman–Crippen MR) is 99.6 cm³/mol. The molecule has 2 nitrogen and oxygen atoms in total. The van der Waals surface area contributed by atoms with Crippen molar-refractivity contribution in [2.75, 3.05) is 0 Å². The van der Waals surface area contributed by atoms with Crippen LogP contribution in [0.4, 0.5) is 0 Å². The minimum atomic E-state index is -0.732. The van der Waals surface area contributed by atoms with Crippen molar-refractivity contribution in [3.63, 3.8) is 0 Å². The lowest BCUT2D eigenvalue weighted by Gasteiger charge is -1.92. The Labute approximate surface area is 147 Å². The fraction of sp³-hybridized carbons (Fsp3) is 0.350. The highest BCUT2D eigenvalue weighted by molar-refractivity contribution is 9.11. The van der Waals surface area contributed by atoms with Gasteiger partial charge in [-0.2, -0.15) is 0 Å². The van der Waals surface area contributed by atoms with Crippen LogP contribution in [0.25, 0.3) is 0 Å². The number of hydrogen-bond acceptors (Lipinski definition) is 1. The molecule has 1 N–H and O–H groups in total. The summed E-state index contributed by atoms with van der Waals surface area (Å²) in [6, 6.07) is 0. The third kappa shape index (κ3) is 19.9. The molecule has 0 aliphatic rings. The first-order valence-corrected chi connectivity index (χ1v) is 8.45. The topological polar surface area (TPSA) is 37.3 Å². The Morgan fingerprint density at radius 1 is 0.913 bits per heavy atom. The largest absolute Gasteiger partial charge is 0.481 e. The van der Waals surface area contributed by atoms with Gasteiger partial charge in [-0.3, -0.25) is 4.79 Å². The van der Waals surface area contributed by atoms with Crippen molar-refractivity contribution < 1.29 is 9.90 Å². The number of unbranched alkanes of at least 4 members (excludes halogenated alkanes) is 4. The fourth-order valence-electron chi connectivity index (χ4n) is 1.46. The van der Waals surface area contributed by atoms with E-state index in [9.17, 15) is 4.79 Å². The molecule has 0 fully saturated rings. The summed E-state index contributed by atoms with van der Waals surface area (Å²) in [6.07, 6.45) is 14.9. The summed E-state index contributed by atoms with van der Waals surface area (Å²) in [5.74, 6) is 16.4. The van der Waals surface area contributed by atoms with E-state index in [4.69, 9.17) is 5.11 Å². The minimum absolute atomic E-state index is 0.244. The molecule has 0 aromatic rings. The van der Waals surface area contributed by atoms with Crippen LogP contribution in [0.15, 0.2) is 35.4 Å². The molecule has 0 atom stereocenters. The summed E-state index contributed by atoms with van der Waals surface area (Å²) in [6.45, 7) is 0. The Morgan fingerprint density at radius 3 is 2.30 bits per heavy atom. The molecule has 120 valence electrons. The first-order chi connectivity index (χ1) is 11.3. The molecule has 0 aliphatic heterocycles. The van der Waals surface area contributed by atoms with Gasteiger partial charge in [-0.05, 0) is 60.7 Å². The van der Waals surface area contributed by atoms with E-state index in [0.29, 0.717) is 0 Å². The number of carboxylic acid groups (broad SMARTS) is 1. The van der Waals surface area contributed by atoms with Gasteiger partial charge >= 0.3 is 5.97 Å². The van der Waals surface area contributed by atoms with Gasteiger partial charge in [-0.25, -0.2) is 0 Å². The fourth-order valence-corrected chi connectivity index (χ4v) is 1.59. The van der Waals surface area contributed by atoms with Crippen molar-refractivity contribution in [3.8, 4) is 35.5 Å². The summed E-state index contributed by atoms with van der Waals surface area (Å²) < 4.78 is 0. The number of carbonyl (C=O) groups is 1. The zero-order chi connectivity index (χ0) is 17.0. The van der Waals surface area contributed by atoms with E-state index in [2.05, 4.69) is 51.5 Å². The molecule has 0 spiro atoms. The molecular weight excluding hydrogens is 352 g/mol. The van der Waals surface area contributed by atoms with Crippen LogP contribution in [0.3, 0.4) is 0 Å². The predicted octanol–water partition coefficient (Wildman–Crippen LogP) is 4.83. The van der Waals surface area contributed by atoms with Crippen molar-refractivity contribution in [3.05, 3.63) is 35.4 Å². The van der Waals surface area contributed by atoms with E-state index in [0.717, 1.165) is 38.5 Å². The van der Waals surface area contributed by atoms with E-state index >= 15 is 0 Å². The molecule has 0 radical (unpaired) electrons. The smallest absolute Gasteiger partial charge is 0.303 e. The van der Waals surface area contributed by atoms with Gasteiger partial charge in [0, 0.05) is 12.8 Å². The third-order valence-electron chi connectivity index (χ3n) is 2.55. The van der Waals surface area contributed by atoms with Gasteiger partial charge in [0.1, 0.15) is 0 Å². The maximum atomic E-state index is 10.3. The molecule has 0 aromatic carbocycles. The van der Waals surface area contributed by atoms with Gasteiger partial charge in [-0.1, -0.05) is 58.2 Å². The minimum Gasteiger partial charge on any atom is -0.481 e. The summed E-state index contributed by atoms with van der Waals surface area (Å²) >= 11 is 3.14. The second-order valence-electron chi connectivity index (χ2n) is 4.49. The normalized spacial score (nSPS) is 9.96. The molecule has 0 aliphatic carbocycles. The number of halogens is 1. The SMILES string of the molecule is O=C(O)CCCCCC#CC#C/C=C/CC/C=C/C#C/C=C/Br. The highest BCUT2D eigenvalue weighted by Gasteiger charge is 1.94. The van der Waals surface area contributed by atoms with E-state index in [1.807, 2.05) is 24.3 Å². The van der Waals surface area contributed by atoms with Gasteiger partial charge in [0.15, 0.2) is 0 Å². The molecule has 0 unspecified atom stereocenters. The first-order valence-electron chi connectivity index (χ1n) is 7.54. The Balaban J connectivity index is 3.63. The molecular formula is C20H21BrO2. The van der Waals surface area contributed by atoms with Crippen LogP contribution < -0.4 is 0 Å². The molecule has 0 rings (SSSR count). The number of hydrogen-bond donors (Lipinski definition) is 1. The number of rotatable bonds is 8. The van der Waals surface area contributed by atoms with Gasteiger partial charge in [-0.15, -0.1) is 0 Å². The van der Waals surface area contributed by atoms with Crippen LogP contribution in [-0.2, 0) is 4.79 Å². The Bertz CT molecular complexity index is 593. The van der Waals surface area contributed by atoms with Crippen LogP contribution in [0.1, 0.15) is 44.9 Å². The second-order valence-corrected chi connectivity index (χ2v) is 5.02. The molecule has 0 aromatic heterocycles. The maximum absolute atomic E-state index is 10.3. The number of aliphatic carboxylic acids is 1. The zero-order valence-electron chi connectivity index (χ0n) is 13.1. The van der Waals surface area contributed by atoms with Crippen LogP contribution in [0.5, 0.6) is 0 Å². The average molecular weight is 373 g/mol. The van der Waals surface area contributed by atoms with Crippen molar-refractivity contribution in [2.45, 2.75) is 44.9 Å².